The largest absolute Gasteiger partial charge is 0.481 e. The van der Waals surface area contributed by atoms with E-state index in [1.54, 1.807) is 35.2 Å². The Bertz CT molecular complexity index is 1000. The first kappa shape index (κ1) is 34.7. The van der Waals surface area contributed by atoms with E-state index in [9.17, 15) is 27.6 Å². The Morgan fingerprint density at radius 2 is 1.32 bits per heavy atom. The van der Waals surface area contributed by atoms with E-state index < -0.39 is 46.2 Å². The molecule has 1 rings (SSSR count). The third-order valence-corrected chi connectivity index (χ3v) is 6.67. The van der Waals surface area contributed by atoms with Crippen molar-refractivity contribution in [1.82, 2.24) is 20.0 Å². The molecule has 0 aliphatic rings. The quantitative estimate of drug-likeness (QED) is 0.181. The number of nitrogens with one attached hydrogen (secondary N) is 1. The first-order valence-corrected chi connectivity index (χ1v) is 13.1. The van der Waals surface area contributed by atoms with Crippen molar-refractivity contribution < 1.29 is 48.0 Å². The van der Waals surface area contributed by atoms with Gasteiger partial charge in [-0.3, -0.25) is 9.59 Å². The van der Waals surface area contributed by atoms with Gasteiger partial charge in [-0.2, -0.15) is 0 Å². The molecule has 1 aromatic rings. The van der Waals surface area contributed by atoms with Crippen LogP contribution >= 0.6 is 0 Å². The highest BCUT2D eigenvalue weighted by Gasteiger charge is 2.40. The molecule has 0 saturated heterocycles. The highest BCUT2D eigenvalue weighted by molar-refractivity contribution is 7.91. The lowest BCUT2D eigenvalue weighted by Crippen LogP contribution is -2.46. The second-order valence-electron chi connectivity index (χ2n) is 8.94. The zero-order valence-electron chi connectivity index (χ0n) is 22.0. The fraction of sp³-hybridized carbons (Fsp3) is 0.565. The van der Waals surface area contributed by atoms with Crippen LogP contribution < -0.4 is 5.32 Å². The Balaban J connectivity index is 0.000000889. The standard InChI is InChI=1S/C17H30N4O3S.C6H8O7/c1-19(2)11-10-18-17(22)21(13-12-20(3)4)14-15-25(23,24)16-8-6-5-7-9-16;7-3(8)1-6(13,5(11)12)2-4(9)10/h5-9H,10-15H2,1-4H3,(H,18,22);13H,1-2H2,(H,7,8)(H,9,10)(H,11,12). The molecule has 15 heteroatoms. The molecule has 0 atom stereocenters. The Morgan fingerprint density at radius 3 is 1.74 bits per heavy atom. The van der Waals surface area contributed by atoms with Gasteiger partial charge in [0.1, 0.15) is 0 Å². The summed E-state index contributed by atoms with van der Waals surface area (Å²) in [6, 6.07) is 8.11. The second kappa shape index (κ2) is 16.5. The third-order valence-electron chi connectivity index (χ3n) is 4.96. The molecule has 0 aliphatic carbocycles. The number of aliphatic carboxylic acids is 3. The number of benzene rings is 1. The summed E-state index contributed by atoms with van der Waals surface area (Å²) < 4.78 is 24.9. The van der Waals surface area contributed by atoms with Crippen molar-refractivity contribution in [3.05, 3.63) is 30.3 Å². The highest BCUT2D eigenvalue weighted by Crippen LogP contribution is 2.15. The number of nitrogens with zero attached hydrogens (tertiary/aromatic N) is 3. The molecular weight excluding hydrogens is 524 g/mol. The van der Waals surface area contributed by atoms with Crippen molar-refractivity contribution in [2.24, 2.45) is 0 Å². The summed E-state index contributed by atoms with van der Waals surface area (Å²) in [4.78, 5) is 48.7. The van der Waals surface area contributed by atoms with Gasteiger partial charge in [0, 0.05) is 32.7 Å². The van der Waals surface area contributed by atoms with Crippen LogP contribution in [0.4, 0.5) is 4.79 Å². The molecule has 5 N–H and O–H groups in total. The fourth-order valence-electron chi connectivity index (χ4n) is 2.82. The van der Waals surface area contributed by atoms with Crippen LogP contribution in [0.1, 0.15) is 12.8 Å². The number of aliphatic hydroxyl groups is 1. The van der Waals surface area contributed by atoms with E-state index in [2.05, 4.69) is 5.32 Å². The lowest BCUT2D eigenvalue weighted by molar-refractivity contribution is -0.170. The van der Waals surface area contributed by atoms with Crippen molar-refractivity contribution in [2.75, 3.05) is 66.7 Å². The molecule has 0 heterocycles. The molecular formula is C23H38N4O10S. The topological polar surface area (TPSA) is 205 Å². The van der Waals surface area contributed by atoms with E-state index in [0.29, 0.717) is 19.6 Å². The molecule has 0 fully saturated rings. The summed E-state index contributed by atoms with van der Waals surface area (Å²) in [5.74, 6) is -5.11. The number of carbonyl (C=O) groups excluding carboxylic acids is 1. The molecule has 0 unspecified atom stereocenters. The normalized spacial score (nSPS) is 11.4. The average molecular weight is 563 g/mol. The number of rotatable bonds is 15. The van der Waals surface area contributed by atoms with Gasteiger partial charge in [-0.05, 0) is 40.3 Å². The molecule has 1 aromatic carbocycles. The summed E-state index contributed by atoms with van der Waals surface area (Å²) in [5, 5.41) is 36.7. The summed E-state index contributed by atoms with van der Waals surface area (Å²) in [6.07, 6.45) is -2.29. The van der Waals surface area contributed by atoms with Gasteiger partial charge in [-0.15, -0.1) is 0 Å². The molecule has 0 aliphatic heterocycles. The molecule has 0 spiro atoms. The fourth-order valence-corrected chi connectivity index (χ4v) is 4.09. The summed E-state index contributed by atoms with van der Waals surface area (Å²) >= 11 is 0. The number of amides is 2. The van der Waals surface area contributed by atoms with E-state index in [1.165, 1.54) is 0 Å². The van der Waals surface area contributed by atoms with E-state index in [1.807, 2.05) is 38.0 Å². The minimum absolute atomic E-state index is 0.0917. The van der Waals surface area contributed by atoms with Crippen LogP contribution in [-0.4, -0.2) is 140 Å². The average Bonchev–Trinajstić information content (AvgIpc) is 2.78. The summed E-state index contributed by atoms with van der Waals surface area (Å²) in [5.41, 5.74) is -2.74. The number of hydrogen-bond acceptors (Lipinski definition) is 9. The van der Waals surface area contributed by atoms with Gasteiger partial charge in [0.2, 0.25) is 0 Å². The number of likely N-dealkylation sites (N-methyl/N-ethyl adjacent to an activating group) is 2. The maximum Gasteiger partial charge on any atom is 0.336 e. The molecule has 2 amide bonds. The maximum absolute atomic E-state index is 12.4. The first-order chi connectivity index (χ1) is 17.5. The van der Waals surface area contributed by atoms with Gasteiger partial charge in [0.15, 0.2) is 15.4 Å². The molecule has 0 aromatic heterocycles. The van der Waals surface area contributed by atoms with Crippen LogP contribution in [-0.2, 0) is 24.2 Å². The van der Waals surface area contributed by atoms with Gasteiger partial charge in [-0.1, -0.05) is 18.2 Å². The predicted octanol–water partition coefficient (Wildman–Crippen LogP) is -0.653. The lowest BCUT2D eigenvalue weighted by Gasteiger charge is -2.25. The summed E-state index contributed by atoms with van der Waals surface area (Å²) in [7, 11) is 4.30. The van der Waals surface area contributed by atoms with Crippen molar-refractivity contribution in [1.29, 1.82) is 0 Å². The Hall–Kier alpha value is -3.27. The molecule has 0 radical (unpaired) electrons. The molecule has 0 saturated carbocycles. The Morgan fingerprint density at radius 1 is 0.816 bits per heavy atom. The minimum atomic E-state index is -3.40. The zero-order valence-corrected chi connectivity index (χ0v) is 22.8. The van der Waals surface area contributed by atoms with Crippen molar-refractivity contribution in [2.45, 2.75) is 23.3 Å². The van der Waals surface area contributed by atoms with E-state index in [0.717, 1.165) is 6.54 Å². The van der Waals surface area contributed by atoms with Gasteiger partial charge < -0.3 is 40.4 Å². The van der Waals surface area contributed by atoms with Crippen molar-refractivity contribution in [3.8, 4) is 0 Å². The van der Waals surface area contributed by atoms with Crippen LogP contribution in [0, 0.1) is 0 Å². The van der Waals surface area contributed by atoms with Crippen LogP contribution in [0.15, 0.2) is 35.2 Å². The van der Waals surface area contributed by atoms with Gasteiger partial charge >= 0.3 is 23.9 Å². The predicted molar refractivity (Wildman–Crippen MR) is 138 cm³/mol. The number of carboxylic acids is 3. The van der Waals surface area contributed by atoms with E-state index >= 15 is 0 Å². The molecule has 14 nitrogen and oxygen atoms in total. The van der Waals surface area contributed by atoms with Gasteiger partial charge in [0.25, 0.3) is 0 Å². The van der Waals surface area contributed by atoms with E-state index in [4.69, 9.17) is 20.4 Å². The monoisotopic (exact) mass is 562 g/mol. The highest BCUT2D eigenvalue weighted by atomic mass is 32.2. The molecule has 38 heavy (non-hydrogen) atoms. The van der Waals surface area contributed by atoms with Crippen molar-refractivity contribution in [3.63, 3.8) is 0 Å². The van der Waals surface area contributed by atoms with Crippen LogP contribution in [0.25, 0.3) is 0 Å². The van der Waals surface area contributed by atoms with Crippen LogP contribution in [0.2, 0.25) is 0 Å². The van der Waals surface area contributed by atoms with Crippen LogP contribution in [0.3, 0.4) is 0 Å². The number of hydrogen-bond donors (Lipinski definition) is 5. The third kappa shape index (κ3) is 14.5. The smallest absolute Gasteiger partial charge is 0.336 e. The maximum atomic E-state index is 12.4. The number of urea groups is 1. The summed E-state index contributed by atoms with van der Waals surface area (Å²) in [6.45, 7) is 2.57. The van der Waals surface area contributed by atoms with Gasteiger partial charge in [0.05, 0.1) is 23.5 Å². The van der Waals surface area contributed by atoms with Crippen molar-refractivity contribution >= 4 is 33.8 Å². The molecule has 216 valence electrons. The van der Waals surface area contributed by atoms with Gasteiger partial charge in [-0.25, -0.2) is 18.0 Å². The Labute approximate surface area is 222 Å². The zero-order chi connectivity index (χ0) is 29.5. The lowest BCUT2D eigenvalue weighted by atomic mass is 9.96. The Kier molecular flexibility index (Phi) is 15.1. The number of carboxylic acid groups (broad SMARTS) is 3. The minimum Gasteiger partial charge on any atom is -0.481 e. The van der Waals surface area contributed by atoms with E-state index in [-0.39, 0.29) is 23.2 Å². The SMILES string of the molecule is CN(C)CCNC(=O)N(CCN(C)C)CCS(=O)(=O)c1ccccc1.O=C(O)CC(O)(CC(=O)O)C(=O)O. The number of carbonyl (C=O) groups is 4. The molecule has 0 bridgehead atoms. The second-order valence-corrected chi connectivity index (χ2v) is 11.0. The number of sulfone groups is 1. The van der Waals surface area contributed by atoms with Crippen LogP contribution in [0.5, 0.6) is 0 Å². The first-order valence-electron chi connectivity index (χ1n) is 11.5.